The SMILES string of the molecule is C=CC(=O)OCCNC(=O)Oc1c2c(c(Oc3ccccc3)c3ccccc13)CCCC2. The summed E-state index contributed by atoms with van der Waals surface area (Å²) >= 11 is 0. The van der Waals surface area contributed by atoms with E-state index < -0.39 is 12.1 Å². The van der Waals surface area contributed by atoms with Gasteiger partial charge in [-0.15, -0.1) is 0 Å². The molecule has 4 rings (SSSR count). The van der Waals surface area contributed by atoms with Crippen molar-refractivity contribution in [3.05, 3.63) is 78.4 Å². The van der Waals surface area contributed by atoms with Gasteiger partial charge in [-0.25, -0.2) is 9.59 Å². The van der Waals surface area contributed by atoms with E-state index in [-0.39, 0.29) is 13.2 Å². The Labute approximate surface area is 186 Å². The lowest BCUT2D eigenvalue weighted by Gasteiger charge is -2.25. The minimum Gasteiger partial charge on any atom is -0.461 e. The fourth-order valence-corrected chi connectivity index (χ4v) is 3.94. The summed E-state index contributed by atoms with van der Waals surface area (Å²) in [6.45, 7) is 3.53. The van der Waals surface area contributed by atoms with Crippen LogP contribution in [0.15, 0.2) is 67.3 Å². The number of ether oxygens (including phenoxy) is 3. The minimum atomic E-state index is -0.589. The van der Waals surface area contributed by atoms with E-state index in [4.69, 9.17) is 14.2 Å². The normalized spacial score (nSPS) is 12.5. The molecule has 0 radical (unpaired) electrons. The molecule has 3 aromatic carbocycles. The lowest BCUT2D eigenvalue weighted by molar-refractivity contribution is -0.137. The number of esters is 1. The van der Waals surface area contributed by atoms with E-state index in [1.165, 1.54) is 0 Å². The Hall–Kier alpha value is -3.80. The number of carbonyl (C=O) groups excluding carboxylic acids is 2. The summed E-state index contributed by atoms with van der Waals surface area (Å²) in [5, 5.41) is 4.36. The minimum absolute atomic E-state index is 0.0443. The molecular weight excluding hydrogens is 406 g/mol. The van der Waals surface area contributed by atoms with E-state index >= 15 is 0 Å². The molecule has 0 heterocycles. The molecule has 32 heavy (non-hydrogen) atoms. The van der Waals surface area contributed by atoms with Gasteiger partial charge in [-0.2, -0.15) is 0 Å². The summed E-state index contributed by atoms with van der Waals surface area (Å²) in [4.78, 5) is 23.6. The van der Waals surface area contributed by atoms with E-state index in [1.807, 2.05) is 54.6 Å². The fraction of sp³-hybridized carbons (Fsp3) is 0.231. The third kappa shape index (κ3) is 4.75. The first-order chi connectivity index (χ1) is 15.7. The number of amides is 1. The number of fused-ring (bicyclic) bond motifs is 2. The zero-order chi connectivity index (χ0) is 22.3. The second-order valence-corrected chi connectivity index (χ2v) is 7.47. The van der Waals surface area contributed by atoms with Crippen LogP contribution < -0.4 is 14.8 Å². The van der Waals surface area contributed by atoms with Crippen molar-refractivity contribution in [2.24, 2.45) is 0 Å². The Bertz CT molecular complexity index is 1140. The van der Waals surface area contributed by atoms with Crippen LogP contribution in [0.4, 0.5) is 4.79 Å². The molecule has 1 amide bonds. The van der Waals surface area contributed by atoms with Crippen LogP contribution in [0.5, 0.6) is 17.2 Å². The molecule has 1 aliphatic carbocycles. The first-order valence-corrected chi connectivity index (χ1v) is 10.7. The fourth-order valence-electron chi connectivity index (χ4n) is 3.94. The van der Waals surface area contributed by atoms with Crippen LogP contribution in [0, 0.1) is 0 Å². The Kier molecular flexibility index (Phi) is 6.70. The van der Waals surface area contributed by atoms with Crippen molar-refractivity contribution in [3.8, 4) is 17.2 Å². The lowest BCUT2D eigenvalue weighted by atomic mass is 9.87. The smallest absolute Gasteiger partial charge is 0.412 e. The predicted octanol–water partition coefficient (Wildman–Crippen LogP) is 5.33. The number of benzene rings is 3. The Balaban J connectivity index is 1.65. The van der Waals surface area contributed by atoms with Gasteiger partial charge in [0.1, 0.15) is 23.9 Å². The van der Waals surface area contributed by atoms with Gasteiger partial charge in [-0.1, -0.05) is 49.0 Å². The highest BCUT2D eigenvalue weighted by molar-refractivity contribution is 5.97. The van der Waals surface area contributed by atoms with Crippen molar-refractivity contribution >= 4 is 22.8 Å². The van der Waals surface area contributed by atoms with Gasteiger partial charge >= 0.3 is 12.1 Å². The molecule has 0 spiro atoms. The number of carbonyl (C=O) groups is 2. The van der Waals surface area contributed by atoms with Crippen molar-refractivity contribution in [1.29, 1.82) is 0 Å². The molecule has 3 aromatic rings. The monoisotopic (exact) mass is 431 g/mol. The maximum Gasteiger partial charge on any atom is 0.412 e. The first kappa shape index (κ1) is 21.4. The third-order valence-electron chi connectivity index (χ3n) is 5.37. The molecule has 0 aromatic heterocycles. The molecule has 0 aliphatic heterocycles. The number of hydrogen-bond acceptors (Lipinski definition) is 5. The topological polar surface area (TPSA) is 73.9 Å². The Morgan fingerprint density at radius 2 is 1.53 bits per heavy atom. The van der Waals surface area contributed by atoms with Gasteiger partial charge in [0, 0.05) is 28.0 Å². The van der Waals surface area contributed by atoms with E-state index in [9.17, 15) is 9.59 Å². The molecule has 0 fully saturated rings. The maximum absolute atomic E-state index is 12.5. The van der Waals surface area contributed by atoms with E-state index in [0.29, 0.717) is 5.75 Å². The van der Waals surface area contributed by atoms with Crippen LogP contribution in [0.2, 0.25) is 0 Å². The summed E-state index contributed by atoms with van der Waals surface area (Å²) in [6, 6.07) is 17.5. The molecule has 164 valence electrons. The van der Waals surface area contributed by atoms with E-state index in [0.717, 1.165) is 65.2 Å². The van der Waals surface area contributed by atoms with Crippen molar-refractivity contribution in [2.75, 3.05) is 13.2 Å². The molecule has 1 N–H and O–H groups in total. The second-order valence-electron chi connectivity index (χ2n) is 7.47. The summed E-state index contributed by atoms with van der Waals surface area (Å²) in [6.07, 6.45) is 4.23. The molecule has 6 nitrogen and oxygen atoms in total. The van der Waals surface area contributed by atoms with Crippen LogP contribution in [0.25, 0.3) is 10.8 Å². The standard InChI is InChI=1S/C26H25NO5/c1-2-23(28)30-17-16-27-26(29)32-25-21-14-8-6-12-19(21)24(20-13-7-9-15-22(20)25)31-18-10-4-3-5-11-18/h2-6,8,10-12,14H,1,7,9,13,15-17H2,(H,27,29). The predicted molar refractivity (Wildman–Crippen MR) is 122 cm³/mol. The van der Waals surface area contributed by atoms with Crippen LogP contribution >= 0.6 is 0 Å². The molecular formula is C26H25NO5. The molecule has 0 atom stereocenters. The van der Waals surface area contributed by atoms with Crippen LogP contribution in [0.1, 0.15) is 24.0 Å². The highest BCUT2D eigenvalue weighted by atomic mass is 16.6. The number of hydrogen-bond donors (Lipinski definition) is 1. The molecule has 1 aliphatic rings. The van der Waals surface area contributed by atoms with Crippen LogP contribution in [0.3, 0.4) is 0 Å². The molecule has 0 saturated heterocycles. The summed E-state index contributed by atoms with van der Waals surface area (Å²) in [7, 11) is 0. The molecule has 0 bridgehead atoms. The van der Waals surface area contributed by atoms with Gasteiger partial charge in [0.25, 0.3) is 0 Å². The van der Waals surface area contributed by atoms with Gasteiger partial charge in [0.05, 0.1) is 6.54 Å². The van der Waals surface area contributed by atoms with Gasteiger partial charge in [0.15, 0.2) is 0 Å². The molecule has 0 saturated carbocycles. The van der Waals surface area contributed by atoms with Crippen LogP contribution in [-0.4, -0.2) is 25.2 Å². The zero-order valence-electron chi connectivity index (χ0n) is 17.8. The highest BCUT2D eigenvalue weighted by Gasteiger charge is 2.25. The Morgan fingerprint density at radius 1 is 0.906 bits per heavy atom. The van der Waals surface area contributed by atoms with Crippen molar-refractivity contribution in [2.45, 2.75) is 25.7 Å². The quantitative estimate of drug-likeness (QED) is 0.311. The van der Waals surface area contributed by atoms with Gasteiger partial charge in [0.2, 0.25) is 0 Å². The maximum atomic E-state index is 12.5. The lowest BCUT2D eigenvalue weighted by Crippen LogP contribution is -2.31. The van der Waals surface area contributed by atoms with Gasteiger partial charge < -0.3 is 19.5 Å². The zero-order valence-corrected chi connectivity index (χ0v) is 17.8. The number of para-hydroxylation sites is 1. The summed E-state index contributed by atoms with van der Waals surface area (Å²) < 4.78 is 17.0. The van der Waals surface area contributed by atoms with Crippen molar-refractivity contribution in [3.63, 3.8) is 0 Å². The first-order valence-electron chi connectivity index (χ1n) is 10.7. The van der Waals surface area contributed by atoms with Crippen molar-refractivity contribution < 1.29 is 23.8 Å². The Morgan fingerprint density at radius 3 is 2.22 bits per heavy atom. The number of rotatable bonds is 7. The van der Waals surface area contributed by atoms with Gasteiger partial charge in [-0.3, -0.25) is 0 Å². The summed E-state index contributed by atoms with van der Waals surface area (Å²) in [5.41, 5.74) is 2.09. The van der Waals surface area contributed by atoms with Crippen LogP contribution in [-0.2, 0) is 22.4 Å². The highest BCUT2D eigenvalue weighted by Crippen LogP contribution is 2.45. The van der Waals surface area contributed by atoms with E-state index in [2.05, 4.69) is 11.9 Å². The summed E-state index contributed by atoms with van der Waals surface area (Å²) in [5.74, 6) is 1.63. The van der Waals surface area contributed by atoms with Crippen molar-refractivity contribution in [1.82, 2.24) is 5.32 Å². The third-order valence-corrected chi connectivity index (χ3v) is 5.37. The molecule has 0 unspecified atom stereocenters. The average molecular weight is 431 g/mol. The second kappa shape index (κ2) is 10.0. The number of nitrogens with one attached hydrogen (secondary N) is 1. The molecule has 6 heteroatoms. The average Bonchev–Trinajstić information content (AvgIpc) is 2.84. The van der Waals surface area contributed by atoms with E-state index in [1.54, 1.807) is 0 Å². The largest absolute Gasteiger partial charge is 0.461 e. The van der Waals surface area contributed by atoms with Gasteiger partial charge in [-0.05, 0) is 37.8 Å².